The lowest BCUT2D eigenvalue weighted by Gasteiger charge is -2.15. The maximum absolute atomic E-state index is 13.1. The molecule has 0 radical (unpaired) electrons. The van der Waals surface area contributed by atoms with Gasteiger partial charge in [-0.2, -0.15) is 4.31 Å². The Kier molecular flexibility index (Phi) is 4.98. The SMILES string of the molecule is COC(=O)c1cc2c(cc1-c1ccccc1)CN(S(=O)(=O)c1ccc(C)cc1)C2. The molecule has 3 aromatic rings. The molecule has 1 heterocycles. The molecule has 0 fully saturated rings. The molecule has 6 heteroatoms. The van der Waals surface area contributed by atoms with Gasteiger partial charge in [0.05, 0.1) is 17.6 Å². The van der Waals surface area contributed by atoms with E-state index >= 15 is 0 Å². The largest absolute Gasteiger partial charge is 0.465 e. The van der Waals surface area contributed by atoms with Crippen molar-refractivity contribution in [2.24, 2.45) is 0 Å². The zero-order valence-electron chi connectivity index (χ0n) is 16.3. The average Bonchev–Trinajstić information content (AvgIpc) is 3.17. The maximum Gasteiger partial charge on any atom is 0.338 e. The van der Waals surface area contributed by atoms with Gasteiger partial charge in [-0.3, -0.25) is 0 Å². The Morgan fingerprint density at radius 2 is 1.55 bits per heavy atom. The number of fused-ring (bicyclic) bond motifs is 1. The fourth-order valence-electron chi connectivity index (χ4n) is 3.58. The fourth-order valence-corrected chi connectivity index (χ4v) is 4.98. The number of methoxy groups -OCH3 is 1. The minimum Gasteiger partial charge on any atom is -0.465 e. The van der Waals surface area contributed by atoms with Gasteiger partial charge >= 0.3 is 5.97 Å². The highest BCUT2D eigenvalue weighted by molar-refractivity contribution is 7.89. The predicted octanol–water partition coefficient (Wildman–Crippen LogP) is 4.15. The number of hydrogen-bond acceptors (Lipinski definition) is 4. The number of nitrogens with zero attached hydrogens (tertiary/aromatic N) is 1. The smallest absolute Gasteiger partial charge is 0.338 e. The molecule has 0 atom stereocenters. The third kappa shape index (κ3) is 3.57. The third-order valence-corrected chi connectivity index (χ3v) is 6.99. The van der Waals surface area contributed by atoms with Crippen LogP contribution in [-0.2, 0) is 27.8 Å². The zero-order valence-corrected chi connectivity index (χ0v) is 17.1. The molecule has 1 aliphatic heterocycles. The molecule has 148 valence electrons. The molecule has 0 saturated heterocycles. The summed E-state index contributed by atoms with van der Waals surface area (Å²) in [5.41, 5.74) is 4.78. The summed E-state index contributed by atoms with van der Waals surface area (Å²) in [4.78, 5) is 12.7. The van der Waals surface area contributed by atoms with Crippen molar-refractivity contribution in [2.75, 3.05) is 7.11 Å². The fraction of sp³-hybridized carbons (Fsp3) is 0.174. The minimum atomic E-state index is -3.62. The monoisotopic (exact) mass is 407 g/mol. The Hall–Kier alpha value is -2.96. The lowest BCUT2D eigenvalue weighted by atomic mass is 9.95. The average molecular weight is 407 g/mol. The number of sulfonamides is 1. The van der Waals surface area contributed by atoms with Gasteiger partial charge in [0.2, 0.25) is 10.0 Å². The summed E-state index contributed by atoms with van der Waals surface area (Å²) in [6.45, 7) is 2.42. The van der Waals surface area contributed by atoms with E-state index in [9.17, 15) is 13.2 Å². The molecule has 0 aliphatic carbocycles. The van der Waals surface area contributed by atoms with E-state index in [1.54, 1.807) is 30.3 Å². The Bertz CT molecular complexity index is 1170. The lowest BCUT2D eigenvalue weighted by Crippen LogP contribution is -2.25. The summed E-state index contributed by atoms with van der Waals surface area (Å²) in [5.74, 6) is -0.438. The Morgan fingerprint density at radius 1 is 0.931 bits per heavy atom. The van der Waals surface area contributed by atoms with Gasteiger partial charge in [-0.15, -0.1) is 0 Å². The molecule has 1 aliphatic rings. The number of aryl methyl sites for hydroxylation is 1. The number of carbonyl (C=O) groups excluding carboxylic acids is 1. The summed E-state index contributed by atoms with van der Waals surface area (Å²) in [5, 5.41) is 0. The molecule has 0 unspecified atom stereocenters. The van der Waals surface area contributed by atoms with Crippen molar-refractivity contribution >= 4 is 16.0 Å². The van der Waals surface area contributed by atoms with E-state index in [-0.39, 0.29) is 18.0 Å². The van der Waals surface area contributed by atoms with Crippen LogP contribution in [0.3, 0.4) is 0 Å². The van der Waals surface area contributed by atoms with Gasteiger partial charge in [-0.25, -0.2) is 13.2 Å². The van der Waals surface area contributed by atoms with Crippen molar-refractivity contribution < 1.29 is 17.9 Å². The molecular formula is C23H21NO4S. The van der Waals surface area contributed by atoms with Crippen LogP contribution in [0.4, 0.5) is 0 Å². The van der Waals surface area contributed by atoms with Gasteiger partial charge < -0.3 is 4.74 Å². The van der Waals surface area contributed by atoms with Crippen LogP contribution in [0.2, 0.25) is 0 Å². The first-order chi connectivity index (χ1) is 13.9. The molecule has 0 N–H and O–H groups in total. The summed E-state index contributed by atoms with van der Waals surface area (Å²) < 4.78 is 32.6. The van der Waals surface area contributed by atoms with E-state index in [2.05, 4.69) is 0 Å². The quantitative estimate of drug-likeness (QED) is 0.610. The van der Waals surface area contributed by atoms with E-state index in [0.717, 1.165) is 27.8 Å². The van der Waals surface area contributed by atoms with E-state index in [1.807, 2.05) is 43.3 Å². The van der Waals surface area contributed by atoms with Gasteiger partial charge in [0, 0.05) is 13.1 Å². The highest BCUT2D eigenvalue weighted by atomic mass is 32.2. The van der Waals surface area contributed by atoms with Crippen LogP contribution in [0.25, 0.3) is 11.1 Å². The maximum atomic E-state index is 13.1. The number of carbonyl (C=O) groups is 1. The van der Waals surface area contributed by atoms with Crippen LogP contribution in [0, 0.1) is 6.92 Å². The number of hydrogen-bond donors (Lipinski definition) is 0. The second-order valence-electron chi connectivity index (χ2n) is 7.11. The molecule has 4 rings (SSSR count). The topological polar surface area (TPSA) is 63.7 Å². The van der Waals surface area contributed by atoms with E-state index in [4.69, 9.17) is 4.74 Å². The minimum absolute atomic E-state index is 0.227. The van der Waals surface area contributed by atoms with Crippen molar-refractivity contribution in [3.8, 4) is 11.1 Å². The first-order valence-corrected chi connectivity index (χ1v) is 10.7. The van der Waals surface area contributed by atoms with Crippen LogP contribution in [0.5, 0.6) is 0 Å². The number of benzene rings is 3. The second-order valence-corrected chi connectivity index (χ2v) is 9.05. The van der Waals surface area contributed by atoms with Gasteiger partial charge in [0.25, 0.3) is 0 Å². The number of esters is 1. The molecule has 0 saturated carbocycles. The Balaban J connectivity index is 1.75. The highest BCUT2D eigenvalue weighted by Gasteiger charge is 2.32. The van der Waals surface area contributed by atoms with Crippen molar-refractivity contribution in [1.82, 2.24) is 4.31 Å². The van der Waals surface area contributed by atoms with Crippen LogP contribution < -0.4 is 0 Å². The first-order valence-electron chi connectivity index (χ1n) is 9.26. The summed E-state index contributed by atoms with van der Waals surface area (Å²) in [6.07, 6.45) is 0. The third-order valence-electron chi connectivity index (χ3n) is 5.18. The molecule has 0 aromatic heterocycles. The second kappa shape index (κ2) is 7.46. The van der Waals surface area contributed by atoms with Crippen molar-refractivity contribution in [3.63, 3.8) is 0 Å². The lowest BCUT2D eigenvalue weighted by molar-refractivity contribution is 0.0601. The molecule has 0 bridgehead atoms. The van der Waals surface area contributed by atoms with Crippen molar-refractivity contribution in [2.45, 2.75) is 24.9 Å². The number of ether oxygens (including phenoxy) is 1. The van der Waals surface area contributed by atoms with Crippen molar-refractivity contribution in [1.29, 1.82) is 0 Å². The van der Waals surface area contributed by atoms with Gasteiger partial charge in [-0.05, 0) is 53.4 Å². The van der Waals surface area contributed by atoms with E-state index in [1.165, 1.54) is 11.4 Å². The van der Waals surface area contributed by atoms with Crippen molar-refractivity contribution in [3.05, 3.63) is 89.0 Å². The van der Waals surface area contributed by atoms with E-state index < -0.39 is 16.0 Å². The molecule has 5 nitrogen and oxygen atoms in total. The molecule has 29 heavy (non-hydrogen) atoms. The summed E-state index contributed by atoms with van der Waals surface area (Å²) in [7, 11) is -2.28. The number of rotatable bonds is 4. The zero-order chi connectivity index (χ0) is 20.6. The van der Waals surface area contributed by atoms with Gasteiger partial charge in [0.15, 0.2) is 0 Å². The standard InChI is InChI=1S/C23H21NO4S/c1-16-8-10-20(11-9-16)29(26,27)24-14-18-12-21(17-6-4-3-5-7-17)22(23(25)28-2)13-19(18)15-24/h3-13H,14-15H2,1-2H3. The normalized spacial score (nSPS) is 13.9. The highest BCUT2D eigenvalue weighted by Crippen LogP contribution is 2.34. The Labute approximate surface area is 170 Å². The summed E-state index contributed by atoms with van der Waals surface area (Å²) in [6, 6.07) is 20.0. The predicted molar refractivity (Wildman–Crippen MR) is 111 cm³/mol. The molecular weight excluding hydrogens is 386 g/mol. The van der Waals surface area contributed by atoms with Gasteiger partial charge in [-0.1, -0.05) is 48.0 Å². The van der Waals surface area contributed by atoms with Crippen LogP contribution >= 0.6 is 0 Å². The molecule has 0 spiro atoms. The van der Waals surface area contributed by atoms with Gasteiger partial charge in [0.1, 0.15) is 0 Å². The molecule has 0 amide bonds. The Morgan fingerprint density at radius 3 is 2.17 bits per heavy atom. The first kappa shape index (κ1) is 19.4. The van der Waals surface area contributed by atoms with Crippen LogP contribution in [0.1, 0.15) is 27.0 Å². The summed E-state index contributed by atoms with van der Waals surface area (Å²) >= 11 is 0. The molecule has 3 aromatic carbocycles. The van der Waals surface area contributed by atoms with Crippen LogP contribution in [-0.4, -0.2) is 25.8 Å². The van der Waals surface area contributed by atoms with E-state index in [0.29, 0.717) is 5.56 Å². The van der Waals surface area contributed by atoms with Crippen LogP contribution in [0.15, 0.2) is 71.6 Å².